The fraction of sp³-hybridized carbons (Fsp3) is 0.375. The maximum atomic E-state index is 11.7. The van der Waals surface area contributed by atoms with Gasteiger partial charge in [0, 0.05) is 17.6 Å². The smallest absolute Gasteiger partial charge is 0.247 e. The van der Waals surface area contributed by atoms with Gasteiger partial charge < -0.3 is 0 Å². The van der Waals surface area contributed by atoms with Gasteiger partial charge in [-0.25, -0.2) is 18.6 Å². The van der Waals surface area contributed by atoms with Crippen LogP contribution in [0.25, 0.3) is 4.96 Å². The maximum Gasteiger partial charge on any atom is 0.354 e. The summed E-state index contributed by atoms with van der Waals surface area (Å²) in [5.74, 6) is 0. The summed E-state index contributed by atoms with van der Waals surface area (Å²) in [7, 11) is 0. The fourth-order valence-electron chi connectivity index (χ4n) is 1.27. The van der Waals surface area contributed by atoms with Crippen LogP contribution in [0, 0.1) is 0 Å². The maximum absolute atomic E-state index is 11.7. The molecule has 74 valence electrons. The molecular weight excluding hydrogens is 202 g/mol. The standard InChI is InChI=1S/C8H9N3O2S/c1-5(2)11-6(12)9-7-10(8(11)13)3-4-14-7/h3-5H,1-2H3. The third-order valence-corrected chi connectivity index (χ3v) is 2.67. The molecule has 0 saturated carbocycles. The van der Waals surface area contributed by atoms with E-state index < -0.39 is 5.69 Å². The Morgan fingerprint density at radius 2 is 2.14 bits per heavy atom. The van der Waals surface area contributed by atoms with Crippen molar-refractivity contribution in [3.05, 3.63) is 32.5 Å². The topological polar surface area (TPSA) is 56.4 Å². The Kier molecular flexibility index (Phi) is 1.99. The van der Waals surface area contributed by atoms with Crippen molar-refractivity contribution in [2.24, 2.45) is 0 Å². The second-order valence-electron chi connectivity index (χ2n) is 3.20. The Morgan fingerprint density at radius 1 is 1.43 bits per heavy atom. The molecule has 0 spiro atoms. The molecule has 0 N–H and O–H groups in total. The third kappa shape index (κ3) is 1.19. The van der Waals surface area contributed by atoms with Crippen molar-refractivity contribution in [3.8, 4) is 0 Å². The van der Waals surface area contributed by atoms with Crippen molar-refractivity contribution in [1.82, 2.24) is 14.0 Å². The van der Waals surface area contributed by atoms with E-state index in [2.05, 4.69) is 4.98 Å². The molecule has 0 aliphatic rings. The summed E-state index contributed by atoms with van der Waals surface area (Å²) in [6.07, 6.45) is 1.62. The van der Waals surface area contributed by atoms with Gasteiger partial charge >= 0.3 is 11.4 Å². The number of aromatic nitrogens is 3. The fourth-order valence-corrected chi connectivity index (χ4v) is 1.96. The van der Waals surface area contributed by atoms with Gasteiger partial charge in [-0.1, -0.05) is 0 Å². The molecular formula is C8H9N3O2S. The second kappa shape index (κ2) is 3.06. The molecule has 0 fully saturated rings. The number of fused-ring (bicyclic) bond motifs is 1. The quantitative estimate of drug-likeness (QED) is 0.690. The Bertz CT molecular complexity index is 578. The van der Waals surface area contributed by atoms with Gasteiger partial charge in [-0.2, -0.15) is 4.98 Å². The molecule has 2 aromatic heterocycles. The Labute approximate surface area is 83.3 Å². The van der Waals surface area contributed by atoms with Crippen LogP contribution in [0.4, 0.5) is 0 Å². The lowest BCUT2D eigenvalue weighted by atomic mass is 10.4. The van der Waals surface area contributed by atoms with E-state index in [1.165, 1.54) is 15.7 Å². The summed E-state index contributed by atoms with van der Waals surface area (Å²) >= 11 is 1.27. The minimum absolute atomic E-state index is 0.167. The molecule has 0 atom stereocenters. The zero-order valence-corrected chi connectivity index (χ0v) is 8.61. The summed E-state index contributed by atoms with van der Waals surface area (Å²) in [6, 6.07) is -0.167. The average molecular weight is 211 g/mol. The van der Waals surface area contributed by atoms with Gasteiger partial charge in [-0.15, -0.1) is 11.3 Å². The molecule has 0 aromatic carbocycles. The van der Waals surface area contributed by atoms with Crippen LogP contribution in [-0.2, 0) is 0 Å². The number of hydrogen-bond donors (Lipinski definition) is 0. The lowest BCUT2D eigenvalue weighted by Gasteiger charge is -2.06. The Hall–Kier alpha value is -1.43. The van der Waals surface area contributed by atoms with Gasteiger partial charge in [0.15, 0.2) is 0 Å². The van der Waals surface area contributed by atoms with Gasteiger partial charge in [0.05, 0.1) is 0 Å². The van der Waals surface area contributed by atoms with Crippen molar-refractivity contribution < 1.29 is 0 Å². The number of rotatable bonds is 1. The first-order valence-corrected chi connectivity index (χ1v) is 5.07. The van der Waals surface area contributed by atoms with Crippen LogP contribution in [0.2, 0.25) is 0 Å². The first-order chi connectivity index (χ1) is 6.61. The molecule has 14 heavy (non-hydrogen) atoms. The average Bonchev–Trinajstić information content (AvgIpc) is 2.50. The highest BCUT2D eigenvalue weighted by Gasteiger charge is 2.10. The van der Waals surface area contributed by atoms with Gasteiger partial charge in [0.2, 0.25) is 4.96 Å². The van der Waals surface area contributed by atoms with Crippen molar-refractivity contribution in [2.45, 2.75) is 19.9 Å². The third-order valence-electron chi connectivity index (χ3n) is 1.92. The zero-order valence-electron chi connectivity index (χ0n) is 7.80. The molecule has 0 amide bonds. The molecule has 2 rings (SSSR count). The van der Waals surface area contributed by atoms with Crippen LogP contribution in [0.15, 0.2) is 21.2 Å². The zero-order chi connectivity index (χ0) is 10.3. The first kappa shape index (κ1) is 9.14. The molecule has 0 aliphatic heterocycles. The minimum atomic E-state index is -0.479. The van der Waals surface area contributed by atoms with E-state index in [0.29, 0.717) is 4.96 Å². The van der Waals surface area contributed by atoms with Crippen LogP contribution in [0.5, 0.6) is 0 Å². The van der Waals surface area contributed by atoms with Gasteiger partial charge in [-0.3, -0.25) is 0 Å². The van der Waals surface area contributed by atoms with Gasteiger partial charge in [-0.05, 0) is 13.8 Å². The molecule has 2 aromatic rings. The second-order valence-corrected chi connectivity index (χ2v) is 4.07. The van der Waals surface area contributed by atoms with Gasteiger partial charge in [0.1, 0.15) is 0 Å². The molecule has 5 nitrogen and oxygen atoms in total. The lowest BCUT2D eigenvalue weighted by molar-refractivity contribution is 0.527. The van der Waals surface area contributed by atoms with E-state index in [1.54, 1.807) is 25.4 Å². The first-order valence-electron chi connectivity index (χ1n) is 4.19. The molecule has 2 heterocycles. The summed E-state index contributed by atoms with van der Waals surface area (Å²) in [5.41, 5.74) is -0.802. The SMILES string of the molecule is CC(C)n1c(=O)nc2sccn2c1=O. The predicted octanol–water partition coefficient (Wildman–Crippen LogP) is 0.499. The summed E-state index contributed by atoms with van der Waals surface area (Å²) in [4.78, 5) is 27.4. The minimum Gasteiger partial charge on any atom is -0.247 e. The van der Waals surface area contributed by atoms with Crippen LogP contribution in [0.3, 0.4) is 0 Å². The van der Waals surface area contributed by atoms with E-state index >= 15 is 0 Å². The Balaban J connectivity index is 2.97. The normalized spacial score (nSPS) is 11.4. The highest BCUT2D eigenvalue weighted by atomic mass is 32.1. The molecule has 0 bridgehead atoms. The van der Waals surface area contributed by atoms with E-state index in [4.69, 9.17) is 0 Å². The van der Waals surface area contributed by atoms with Crippen LogP contribution < -0.4 is 11.4 Å². The molecule has 0 aliphatic carbocycles. The molecule has 0 saturated heterocycles. The van der Waals surface area contributed by atoms with E-state index in [-0.39, 0.29) is 11.7 Å². The highest BCUT2D eigenvalue weighted by Crippen LogP contribution is 2.03. The van der Waals surface area contributed by atoms with Crippen molar-refractivity contribution in [3.63, 3.8) is 0 Å². The Morgan fingerprint density at radius 3 is 2.79 bits per heavy atom. The summed E-state index contributed by atoms with van der Waals surface area (Å²) < 4.78 is 2.52. The van der Waals surface area contributed by atoms with Crippen LogP contribution >= 0.6 is 11.3 Å². The number of thiazole rings is 1. The molecule has 6 heteroatoms. The van der Waals surface area contributed by atoms with Crippen LogP contribution in [-0.4, -0.2) is 14.0 Å². The van der Waals surface area contributed by atoms with Crippen molar-refractivity contribution >= 4 is 16.3 Å². The predicted molar refractivity (Wildman–Crippen MR) is 54.0 cm³/mol. The van der Waals surface area contributed by atoms with Crippen LogP contribution in [0.1, 0.15) is 19.9 Å². The van der Waals surface area contributed by atoms with Crippen molar-refractivity contribution in [1.29, 1.82) is 0 Å². The summed E-state index contributed by atoms with van der Waals surface area (Å²) in [6.45, 7) is 3.56. The van der Waals surface area contributed by atoms with E-state index in [0.717, 1.165) is 4.57 Å². The monoisotopic (exact) mass is 211 g/mol. The van der Waals surface area contributed by atoms with E-state index in [1.807, 2.05) is 0 Å². The summed E-state index contributed by atoms with van der Waals surface area (Å²) in [5, 5.41) is 1.73. The van der Waals surface area contributed by atoms with Crippen molar-refractivity contribution in [2.75, 3.05) is 0 Å². The lowest BCUT2D eigenvalue weighted by Crippen LogP contribution is -2.39. The molecule has 0 unspecified atom stereocenters. The van der Waals surface area contributed by atoms with Gasteiger partial charge in [0.25, 0.3) is 0 Å². The number of hydrogen-bond acceptors (Lipinski definition) is 4. The van der Waals surface area contributed by atoms with E-state index in [9.17, 15) is 9.59 Å². The number of nitrogens with zero attached hydrogens (tertiary/aromatic N) is 3. The largest absolute Gasteiger partial charge is 0.354 e. The highest BCUT2D eigenvalue weighted by molar-refractivity contribution is 7.15. The molecule has 0 radical (unpaired) electrons.